The maximum Gasteiger partial charge on any atom is 0.123 e. The highest BCUT2D eigenvalue weighted by Gasteiger charge is 2.14. The van der Waals surface area contributed by atoms with E-state index in [1.807, 2.05) is 25.5 Å². The van der Waals surface area contributed by atoms with E-state index < -0.39 is 0 Å². The summed E-state index contributed by atoms with van der Waals surface area (Å²) in [5.74, 6) is -0.457. The van der Waals surface area contributed by atoms with E-state index in [9.17, 15) is 8.78 Å². The Morgan fingerprint density at radius 3 is 2.72 bits per heavy atom. The van der Waals surface area contributed by atoms with Crippen molar-refractivity contribution in [2.45, 2.75) is 33.0 Å². The zero-order valence-corrected chi connectivity index (χ0v) is 16.4. The first-order valence-corrected chi connectivity index (χ1v) is 9.78. The molecular weight excluding hydrogens is 370 g/mol. The Balaban J connectivity index is 1.53. The average Bonchev–Trinajstić information content (AvgIpc) is 3.31. The molecule has 0 aliphatic carbocycles. The first kappa shape index (κ1) is 19.3. The first-order valence-electron chi connectivity index (χ1n) is 9.78. The molecule has 0 aliphatic heterocycles. The van der Waals surface area contributed by atoms with Crippen molar-refractivity contribution in [1.29, 1.82) is 0 Å². The second-order valence-electron chi connectivity index (χ2n) is 7.41. The molecule has 0 saturated carbocycles. The Hall–Kier alpha value is -2.99. The molecule has 1 N–H and O–H groups in total. The molecule has 0 aliphatic rings. The fraction of sp³-hybridized carbons (Fsp3) is 0.261. The van der Waals surface area contributed by atoms with Gasteiger partial charge < -0.3 is 9.55 Å². The van der Waals surface area contributed by atoms with Crippen LogP contribution < -0.4 is 0 Å². The molecule has 2 aromatic heterocycles. The van der Waals surface area contributed by atoms with Crippen molar-refractivity contribution < 1.29 is 8.78 Å². The number of imidazole rings is 1. The number of nitrogens with zero attached hydrogens (tertiary/aromatic N) is 3. The molecule has 0 atom stereocenters. The number of aryl methyl sites for hydroxylation is 2. The number of fused-ring (bicyclic) bond motifs is 1. The number of rotatable bonds is 8. The van der Waals surface area contributed by atoms with E-state index in [1.165, 1.54) is 12.1 Å². The molecule has 0 amide bonds. The first-order chi connectivity index (χ1) is 14.1. The van der Waals surface area contributed by atoms with Crippen LogP contribution in [0.4, 0.5) is 8.78 Å². The van der Waals surface area contributed by atoms with E-state index in [4.69, 9.17) is 0 Å². The number of benzene rings is 2. The summed E-state index contributed by atoms with van der Waals surface area (Å²) in [7, 11) is 0. The minimum atomic E-state index is -0.233. The minimum Gasteiger partial charge on any atom is -0.357 e. The highest BCUT2D eigenvalue weighted by molar-refractivity contribution is 5.84. The Morgan fingerprint density at radius 2 is 1.93 bits per heavy atom. The molecular formula is C23H24F2N4. The van der Waals surface area contributed by atoms with Crippen molar-refractivity contribution in [1.82, 2.24) is 19.4 Å². The molecule has 2 heterocycles. The van der Waals surface area contributed by atoms with Crippen molar-refractivity contribution >= 4 is 10.9 Å². The van der Waals surface area contributed by atoms with Crippen LogP contribution in [-0.4, -0.2) is 26.0 Å². The molecule has 0 saturated heterocycles. The van der Waals surface area contributed by atoms with Crippen molar-refractivity contribution in [2.24, 2.45) is 0 Å². The zero-order chi connectivity index (χ0) is 20.2. The highest BCUT2D eigenvalue weighted by atomic mass is 19.1. The summed E-state index contributed by atoms with van der Waals surface area (Å²) in [6, 6.07) is 11.5. The summed E-state index contributed by atoms with van der Waals surface area (Å²) in [6.07, 6.45) is 6.48. The van der Waals surface area contributed by atoms with Gasteiger partial charge in [0.2, 0.25) is 0 Å². The van der Waals surface area contributed by atoms with Crippen molar-refractivity contribution in [3.8, 4) is 0 Å². The van der Waals surface area contributed by atoms with Gasteiger partial charge in [0.15, 0.2) is 0 Å². The van der Waals surface area contributed by atoms with E-state index in [2.05, 4.69) is 19.4 Å². The standard InChI is InChI=1S/C23H24F2N4/c1-17-21-13-20(25)6-7-22(21)27-23(17)15-29(10-3-9-28-11-8-26-16-28)14-18-4-2-5-19(24)12-18/h2,4-8,11-13,16,27H,3,9-10,14-15H2,1H3. The van der Waals surface area contributed by atoms with Gasteiger partial charge >= 0.3 is 0 Å². The van der Waals surface area contributed by atoms with E-state index in [0.717, 1.165) is 47.2 Å². The summed E-state index contributed by atoms with van der Waals surface area (Å²) in [4.78, 5) is 9.80. The molecule has 0 bridgehead atoms. The number of hydrogen-bond donors (Lipinski definition) is 1. The van der Waals surface area contributed by atoms with Gasteiger partial charge in [0.05, 0.1) is 6.33 Å². The van der Waals surface area contributed by atoms with Gasteiger partial charge in [-0.1, -0.05) is 12.1 Å². The Bertz CT molecular complexity index is 1090. The third-order valence-electron chi connectivity index (χ3n) is 5.25. The lowest BCUT2D eigenvalue weighted by atomic mass is 10.1. The van der Waals surface area contributed by atoms with Crippen LogP contribution in [0.3, 0.4) is 0 Å². The van der Waals surface area contributed by atoms with Crippen LogP contribution in [0.1, 0.15) is 23.2 Å². The SMILES string of the molecule is Cc1c(CN(CCCn2ccnc2)Cc2cccc(F)c2)[nH]c2ccc(F)cc12. The quantitative estimate of drug-likeness (QED) is 0.454. The lowest BCUT2D eigenvalue weighted by molar-refractivity contribution is 0.245. The van der Waals surface area contributed by atoms with Gasteiger partial charge in [-0.2, -0.15) is 0 Å². The van der Waals surface area contributed by atoms with Crippen LogP contribution in [0.5, 0.6) is 0 Å². The summed E-state index contributed by atoms with van der Waals surface area (Å²) < 4.78 is 29.4. The van der Waals surface area contributed by atoms with Gasteiger partial charge in [-0.05, 0) is 54.8 Å². The molecule has 29 heavy (non-hydrogen) atoms. The van der Waals surface area contributed by atoms with Gasteiger partial charge in [0, 0.05) is 55.2 Å². The number of aromatic nitrogens is 3. The molecule has 0 radical (unpaired) electrons. The van der Waals surface area contributed by atoms with Crippen molar-refractivity contribution in [3.05, 3.63) is 89.6 Å². The van der Waals surface area contributed by atoms with Gasteiger partial charge in [0.1, 0.15) is 11.6 Å². The average molecular weight is 394 g/mol. The van der Waals surface area contributed by atoms with Crippen molar-refractivity contribution in [2.75, 3.05) is 6.54 Å². The van der Waals surface area contributed by atoms with E-state index in [1.54, 1.807) is 30.5 Å². The van der Waals surface area contributed by atoms with Crippen LogP contribution in [-0.2, 0) is 19.6 Å². The minimum absolute atomic E-state index is 0.224. The summed E-state index contributed by atoms with van der Waals surface area (Å²) in [6.45, 7) is 5.06. The molecule has 0 spiro atoms. The number of halogens is 2. The molecule has 2 aromatic carbocycles. The number of H-pyrrole nitrogens is 1. The second-order valence-corrected chi connectivity index (χ2v) is 7.41. The normalized spacial score (nSPS) is 11.6. The lowest BCUT2D eigenvalue weighted by Crippen LogP contribution is -2.25. The predicted octanol–water partition coefficient (Wildman–Crippen LogP) is 5.04. The molecule has 4 nitrogen and oxygen atoms in total. The number of nitrogens with one attached hydrogen (secondary N) is 1. The Kier molecular flexibility index (Phi) is 5.71. The largest absolute Gasteiger partial charge is 0.357 e. The number of aromatic amines is 1. The molecule has 4 rings (SSSR count). The lowest BCUT2D eigenvalue weighted by Gasteiger charge is -2.22. The van der Waals surface area contributed by atoms with Crippen molar-refractivity contribution in [3.63, 3.8) is 0 Å². The third kappa shape index (κ3) is 4.71. The molecule has 4 aromatic rings. The van der Waals surface area contributed by atoms with Crippen LogP contribution >= 0.6 is 0 Å². The van der Waals surface area contributed by atoms with Gasteiger partial charge in [-0.3, -0.25) is 4.90 Å². The number of hydrogen-bond acceptors (Lipinski definition) is 2. The molecule has 150 valence electrons. The molecule has 6 heteroatoms. The monoisotopic (exact) mass is 394 g/mol. The summed E-state index contributed by atoms with van der Waals surface area (Å²) in [5, 5.41) is 0.907. The van der Waals surface area contributed by atoms with E-state index in [-0.39, 0.29) is 11.6 Å². The Morgan fingerprint density at radius 1 is 1.07 bits per heavy atom. The highest BCUT2D eigenvalue weighted by Crippen LogP contribution is 2.24. The zero-order valence-electron chi connectivity index (χ0n) is 16.4. The van der Waals surface area contributed by atoms with Crippen LogP contribution in [0.15, 0.2) is 61.2 Å². The maximum atomic E-state index is 13.7. The maximum absolute atomic E-state index is 13.7. The van der Waals surface area contributed by atoms with Crippen LogP contribution in [0.2, 0.25) is 0 Å². The van der Waals surface area contributed by atoms with E-state index in [0.29, 0.717) is 13.1 Å². The summed E-state index contributed by atoms with van der Waals surface area (Å²) in [5.41, 5.74) is 3.98. The predicted molar refractivity (Wildman–Crippen MR) is 110 cm³/mol. The van der Waals surface area contributed by atoms with Gasteiger partial charge in [-0.25, -0.2) is 13.8 Å². The smallest absolute Gasteiger partial charge is 0.123 e. The van der Waals surface area contributed by atoms with Gasteiger partial charge in [-0.15, -0.1) is 0 Å². The third-order valence-corrected chi connectivity index (χ3v) is 5.25. The van der Waals surface area contributed by atoms with Gasteiger partial charge in [0.25, 0.3) is 0 Å². The summed E-state index contributed by atoms with van der Waals surface area (Å²) >= 11 is 0. The second kappa shape index (κ2) is 8.57. The van der Waals surface area contributed by atoms with Crippen LogP contribution in [0.25, 0.3) is 10.9 Å². The fourth-order valence-electron chi connectivity index (χ4n) is 3.74. The fourth-order valence-corrected chi connectivity index (χ4v) is 3.74. The van der Waals surface area contributed by atoms with Crippen LogP contribution in [0, 0.1) is 18.6 Å². The topological polar surface area (TPSA) is 36.9 Å². The Labute approximate surface area is 168 Å². The molecule has 0 unspecified atom stereocenters. The van der Waals surface area contributed by atoms with E-state index >= 15 is 0 Å². The molecule has 0 fully saturated rings.